The van der Waals surface area contributed by atoms with Crippen LogP contribution in [-0.2, 0) is 4.79 Å². The Morgan fingerprint density at radius 3 is 2.03 bits per heavy atom. The first-order valence-corrected chi connectivity index (χ1v) is 10.6. The first-order chi connectivity index (χ1) is 14.6. The third kappa shape index (κ3) is 4.82. The van der Waals surface area contributed by atoms with Gasteiger partial charge >= 0.3 is 0 Å². The summed E-state index contributed by atoms with van der Waals surface area (Å²) >= 11 is 13.1. The summed E-state index contributed by atoms with van der Waals surface area (Å²) in [6.07, 6.45) is 3.45. The van der Waals surface area contributed by atoms with Gasteiger partial charge in [-0.05, 0) is 65.4 Å². The van der Waals surface area contributed by atoms with E-state index in [0.29, 0.717) is 20.1 Å². The minimum absolute atomic E-state index is 0.151. The molecule has 0 aromatic heterocycles. The number of halogens is 2. The van der Waals surface area contributed by atoms with Crippen molar-refractivity contribution in [1.82, 2.24) is 0 Å². The molecule has 1 fully saturated rings. The molecule has 0 atom stereocenters. The van der Waals surface area contributed by atoms with Crippen LogP contribution >= 0.6 is 35.0 Å². The van der Waals surface area contributed by atoms with E-state index in [1.165, 1.54) is 11.8 Å². The Morgan fingerprint density at radius 2 is 1.40 bits per heavy atom. The van der Waals surface area contributed by atoms with Gasteiger partial charge in [-0.2, -0.15) is 5.10 Å². The van der Waals surface area contributed by atoms with Crippen molar-refractivity contribution >= 4 is 64.0 Å². The van der Waals surface area contributed by atoms with E-state index in [9.17, 15) is 4.79 Å². The molecule has 0 saturated carbocycles. The number of carbonyl (C=O) groups is 1. The molecule has 148 valence electrons. The quantitative estimate of drug-likeness (QED) is 0.258. The summed E-state index contributed by atoms with van der Waals surface area (Å²) in [6, 6.07) is 24.0. The molecule has 3 aromatic rings. The summed E-state index contributed by atoms with van der Waals surface area (Å²) < 4.78 is 0. The second-order valence-corrected chi connectivity index (χ2v) is 8.20. The Balaban J connectivity index is 1.66. The molecular weight excluding hydrogens is 437 g/mol. The van der Waals surface area contributed by atoms with E-state index in [1.54, 1.807) is 35.4 Å². The van der Waals surface area contributed by atoms with E-state index in [2.05, 4.69) is 10.2 Å². The fourth-order valence-electron chi connectivity index (χ4n) is 2.75. The van der Waals surface area contributed by atoms with Crippen molar-refractivity contribution in [3.8, 4) is 0 Å². The Bertz CT molecular complexity index is 1140. The number of benzene rings is 3. The van der Waals surface area contributed by atoms with E-state index < -0.39 is 0 Å². The predicted molar refractivity (Wildman–Crippen MR) is 127 cm³/mol. The second-order valence-electron chi connectivity index (χ2n) is 6.32. The molecule has 1 saturated heterocycles. The van der Waals surface area contributed by atoms with Gasteiger partial charge in [-0.15, -0.1) is 5.10 Å². The zero-order valence-electron chi connectivity index (χ0n) is 15.6. The fraction of sp³-hybridized carbons (Fsp3) is 0. The average Bonchev–Trinajstić information content (AvgIpc) is 3.07. The van der Waals surface area contributed by atoms with E-state index in [4.69, 9.17) is 23.2 Å². The summed E-state index contributed by atoms with van der Waals surface area (Å²) in [4.78, 5) is 15.2. The van der Waals surface area contributed by atoms with Gasteiger partial charge in [0.25, 0.3) is 5.91 Å². The van der Waals surface area contributed by atoms with Crippen LogP contribution in [0, 0.1) is 0 Å². The molecule has 3 aromatic carbocycles. The van der Waals surface area contributed by atoms with Crippen LogP contribution in [0.25, 0.3) is 6.08 Å². The van der Waals surface area contributed by atoms with Crippen LogP contribution in [0.2, 0.25) is 10.0 Å². The molecule has 1 heterocycles. The van der Waals surface area contributed by atoms with Gasteiger partial charge in [-0.25, -0.2) is 0 Å². The number of hydrogen-bond donors (Lipinski definition) is 0. The molecule has 1 aliphatic rings. The van der Waals surface area contributed by atoms with Crippen molar-refractivity contribution in [3.05, 3.63) is 105 Å². The van der Waals surface area contributed by atoms with Crippen LogP contribution in [-0.4, -0.2) is 17.3 Å². The van der Waals surface area contributed by atoms with Crippen LogP contribution in [0.15, 0.2) is 94.0 Å². The minimum atomic E-state index is -0.151. The van der Waals surface area contributed by atoms with Gasteiger partial charge in [0.1, 0.15) is 0 Å². The average molecular weight is 452 g/mol. The van der Waals surface area contributed by atoms with E-state index in [1.807, 2.05) is 60.7 Å². The lowest BCUT2D eigenvalue weighted by molar-refractivity contribution is -0.113. The topological polar surface area (TPSA) is 45.0 Å². The molecule has 1 aliphatic heterocycles. The van der Waals surface area contributed by atoms with Crippen molar-refractivity contribution in [2.45, 2.75) is 0 Å². The van der Waals surface area contributed by atoms with Crippen LogP contribution < -0.4 is 4.90 Å². The van der Waals surface area contributed by atoms with Crippen molar-refractivity contribution in [1.29, 1.82) is 0 Å². The molecule has 1 amide bonds. The maximum absolute atomic E-state index is 13.1. The largest absolute Gasteiger partial charge is 0.271 e. The molecule has 0 aliphatic carbocycles. The first-order valence-electron chi connectivity index (χ1n) is 9.01. The van der Waals surface area contributed by atoms with Crippen molar-refractivity contribution < 1.29 is 4.79 Å². The molecule has 0 unspecified atom stereocenters. The van der Waals surface area contributed by atoms with E-state index in [-0.39, 0.29) is 5.91 Å². The van der Waals surface area contributed by atoms with Gasteiger partial charge in [0.15, 0.2) is 0 Å². The number of hydrogen-bond acceptors (Lipinski definition) is 4. The summed E-state index contributed by atoms with van der Waals surface area (Å²) in [7, 11) is 0. The monoisotopic (exact) mass is 451 g/mol. The predicted octanol–water partition coefficient (Wildman–Crippen LogP) is 6.50. The first kappa shape index (κ1) is 20.4. The van der Waals surface area contributed by atoms with Crippen LogP contribution in [0.1, 0.15) is 11.1 Å². The van der Waals surface area contributed by atoms with Crippen molar-refractivity contribution in [2.24, 2.45) is 10.2 Å². The maximum atomic E-state index is 13.1. The fourth-order valence-corrected chi connectivity index (χ4v) is 3.94. The van der Waals surface area contributed by atoms with Crippen LogP contribution in [0.3, 0.4) is 0 Å². The molecule has 30 heavy (non-hydrogen) atoms. The highest BCUT2D eigenvalue weighted by Gasteiger charge is 2.34. The van der Waals surface area contributed by atoms with E-state index >= 15 is 0 Å². The SMILES string of the molecule is O=C1C(=Cc2ccc(Cl)cc2)SC(=NN=Cc2ccc(Cl)cc2)N1c1ccccc1. The molecular formula is C23H15Cl2N3OS. The smallest absolute Gasteiger partial charge is 0.268 e. The van der Waals surface area contributed by atoms with Gasteiger partial charge in [0, 0.05) is 10.0 Å². The van der Waals surface area contributed by atoms with Crippen molar-refractivity contribution in [3.63, 3.8) is 0 Å². The van der Waals surface area contributed by atoms with Gasteiger partial charge in [-0.1, -0.05) is 65.7 Å². The Labute approximate surface area is 188 Å². The summed E-state index contributed by atoms with van der Waals surface area (Å²) in [5.74, 6) is -0.151. The molecule has 0 bridgehead atoms. The number of amidine groups is 1. The Morgan fingerprint density at radius 1 is 0.800 bits per heavy atom. The highest BCUT2D eigenvalue weighted by atomic mass is 35.5. The molecule has 0 spiro atoms. The van der Waals surface area contributed by atoms with Crippen molar-refractivity contribution in [2.75, 3.05) is 4.90 Å². The van der Waals surface area contributed by atoms with E-state index in [0.717, 1.165) is 16.8 Å². The van der Waals surface area contributed by atoms with Crippen LogP contribution in [0.5, 0.6) is 0 Å². The lowest BCUT2D eigenvalue weighted by Gasteiger charge is -2.14. The number of carbonyl (C=O) groups excluding carboxylic acids is 1. The zero-order chi connectivity index (χ0) is 20.9. The maximum Gasteiger partial charge on any atom is 0.271 e. The Kier molecular flexibility index (Phi) is 6.33. The minimum Gasteiger partial charge on any atom is -0.268 e. The van der Waals surface area contributed by atoms with Gasteiger partial charge in [-0.3, -0.25) is 9.69 Å². The number of thioether (sulfide) groups is 1. The number of amides is 1. The number of para-hydroxylation sites is 1. The number of nitrogens with zero attached hydrogens (tertiary/aromatic N) is 3. The second kappa shape index (κ2) is 9.30. The molecule has 4 nitrogen and oxygen atoms in total. The summed E-state index contributed by atoms with van der Waals surface area (Å²) in [5, 5.41) is 10.3. The van der Waals surface area contributed by atoms with Crippen LogP contribution in [0.4, 0.5) is 5.69 Å². The number of anilines is 1. The summed E-state index contributed by atoms with van der Waals surface area (Å²) in [6.45, 7) is 0. The Hall–Kier alpha value is -2.86. The lowest BCUT2D eigenvalue weighted by atomic mass is 10.2. The third-order valence-electron chi connectivity index (χ3n) is 4.21. The van der Waals surface area contributed by atoms with Gasteiger partial charge in [0.05, 0.1) is 16.8 Å². The molecule has 4 rings (SSSR count). The normalized spacial score (nSPS) is 16.9. The lowest BCUT2D eigenvalue weighted by Crippen LogP contribution is -2.28. The third-order valence-corrected chi connectivity index (χ3v) is 5.67. The molecule has 0 radical (unpaired) electrons. The highest BCUT2D eigenvalue weighted by molar-refractivity contribution is 8.19. The summed E-state index contributed by atoms with van der Waals surface area (Å²) in [5.41, 5.74) is 2.48. The van der Waals surface area contributed by atoms with Gasteiger partial charge in [0.2, 0.25) is 5.17 Å². The molecule has 0 N–H and O–H groups in total. The standard InChI is InChI=1S/C23H15Cl2N3OS/c24-18-10-6-16(7-11-18)14-21-22(29)28(20-4-2-1-3-5-20)23(30-21)27-26-15-17-8-12-19(25)13-9-17/h1-15H. The highest BCUT2D eigenvalue weighted by Crippen LogP contribution is 2.36. The van der Waals surface area contributed by atoms with Gasteiger partial charge < -0.3 is 0 Å². The zero-order valence-corrected chi connectivity index (χ0v) is 17.9. The number of rotatable bonds is 4. The molecule has 7 heteroatoms.